The molecule has 1 heterocycles. The number of rotatable bonds is 4. The van der Waals surface area contributed by atoms with Crippen LogP contribution >= 0.6 is 0 Å². The quantitative estimate of drug-likeness (QED) is 0.904. The van der Waals surface area contributed by atoms with Crippen molar-refractivity contribution in [2.45, 2.75) is 57.3 Å². The van der Waals surface area contributed by atoms with Crippen LogP contribution in [0.1, 0.15) is 69.0 Å². The summed E-state index contributed by atoms with van der Waals surface area (Å²) in [5, 5.41) is 13.0. The number of nitrogens with zero attached hydrogens (tertiary/aromatic N) is 2. The maximum Gasteiger partial charge on any atom is 0.307 e. The maximum absolute atomic E-state index is 10.8. The Balaban J connectivity index is 1.66. The van der Waals surface area contributed by atoms with Crippen LogP contribution in [0.2, 0.25) is 0 Å². The van der Waals surface area contributed by atoms with E-state index < -0.39 is 5.97 Å². The molecular weight excluding hydrogens is 244 g/mol. The first-order valence-corrected chi connectivity index (χ1v) is 7.25. The van der Waals surface area contributed by atoms with E-state index in [1.54, 1.807) is 0 Å². The Morgan fingerprint density at radius 2 is 2.26 bits per heavy atom. The highest BCUT2D eigenvalue weighted by Crippen LogP contribution is 2.47. The molecule has 2 saturated carbocycles. The van der Waals surface area contributed by atoms with Gasteiger partial charge in [0, 0.05) is 5.92 Å². The molecule has 2 fully saturated rings. The SMILES string of the molecule is CCC1CCCC(c2noc(C3CC3C(=O)O)n2)C1. The molecule has 2 aliphatic rings. The number of hydrogen-bond acceptors (Lipinski definition) is 4. The number of carboxylic acid groups (broad SMARTS) is 1. The Bertz CT molecular complexity index is 471. The summed E-state index contributed by atoms with van der Waals surface area (Å²) in [4.78, 5) is 15.3. The van der Waals surface area contributed by atoms with Crippen LogP contribution in [0, 0.1) is 11.8 Å². The maximum atomic E-state index is 10.8. The van der Waals surface area contributed by atoms with Crippen LogP contribution in [0.5, 0.6) is 0 Å². The third-order valence-electron chi connectivity index (χ3n) is 4.61. The van der Waals surface area contributed by atoms with E-state index in [2.05, 4.69) is 17.1 Å². The van der Waals surface area contributed by atoms with Crippen molar-refractivity contribution in [3.63, 3.8) is 0 Å². The van der Waals surface area contributed by atoms with Crippen molar-refractivity contribution in [3.05, 3.63) is 11.7 Å². The van der Waals surface area contributed by atoms with E-state index in [-0.39, 0.29) is 11.8 Å². The lowest BCUT2D eigenvalue weighted by Gasteiger charge is -2.26. The summed E-state index contributed by atoms with van der Waals surface area (Å²) in [5.74, 6) is 1.37. The number of aliphatic carboxylic acids is 1. The number of hydrogen-bond donors (Lipinski definition) is 1. The van der Waals surface area contributed by atoms with Gasteiger partial charge in [-0.05, 0) is 25.2 Å². The monoisotopic (exact) mass is 264 g/mol. The first kappa shape index (κ1) is 12.6. The highest BCUT2D eigenvalue weighted by atomic mass is 16.5. The smallest absolute Gasteiger partial charge is 0.307 e. The van der Waals surface area contributed by atoms with Crippen LogP contribution in [0.15, 0.2) is 4.52 Å². The molecule has 19 heavy (non-hydrogen) atoms. The van der Waals surface area contributed by atoms with Gasteiger partial charge in [0.2, 0.25) is 5.89 Å². The van der Waals surface area contributed by atoms with Crippen LogP contribution in [0.25, 0.3) is 0 Å². The van der Waals surface area contributed by atoms with Crippen molar-refractivity contribution in [1.29, 1.82) is 0 Å². The fourth-order valence-corrected chi connectivity index (χ4v) is 3.20. The Kier molecular flexibility index (Phi) is 3.29. The molecule has 0 aromatic carbocycles. The van der Waals surface area contributed by atoms with Crippen LogP contribution < -0.4 is 0 Å². The molecule has 1 aromatic heterocycles. The highest BCUT2D eigenvalue weighted by Gasteiger charge is 2.48. The van der Waals surface area contributed by atoms with Crippen LogP contribution in [-0.2, 0) is 4.79 Å². The van der Waals surface area contributed by atoms with Gasteiger partial charge in [-0.3, -0.25) is 4.79 Å². The molecule has 5 heteroatoms. The lowest BCUT2D eigenvalue weighted by Crippen LogP contribution is -2.14. The fourth-order valence-electron chi connectivity index (χ4n) is 3.20. The zero-order valence-electron chi connectivity index (χ0n) is 11.2. The highest BCUT2D eigenvalue weighted by molar-refractivity contribution is 5.74. The van der Waals surface area contributed by atoms with E-state index in [1.807, 2.05) is 0 Å². The van der Waals surface area contributed by atoms with E-state index in [9.17, 15) is 4.79 Å². The van der Waals surface area contributed by atoms with Crippen molar-refractivity contribution >= 4 is 5.97 Å². The van der Waals surface area contributed by atoms with E-state index in [0.717, 1.165) is 24.6 Å². The third kappa shape index (κ3) is 2.51. The van der Waals surface area contributed by atoms with E-state index in [1.165, 1.54) is 19.3 Å². The summed E-state index contributed by atoms with van der Waals surface area (Å²) >= 11 is 0. The van der Waals surface area contributed by atoms with Gasteiger partial charge in [-0.15, -0.1) is 0 Å². The molecular formula is C14H20N2O3. The minimum Gasteiger partial charge on any atom is -0.481 e. The predicted molar refractivity (Wildman–Crippen MR) is 67.8 cm³/mol. The van der Waals surface area contributed by atoms with E-state index >= 15 is 0 Å². The topological polar surface area (TPSA) is 76.2 Å². The second-order valence-electron chi connectivity index (χ2n) is 5.92. The van der Waals surface area contributed by atoms with Crippen LogP contribution in [-0.4, -0.2) is 21.2 Å². The van der Waals surface area contributed by atoms with Gasteiger partial charge < -0.3 is 9.63 Å². The summed E-state index contributed by atoms with van der Waals surface area (Å²) < 4.78 is 5.27. The Labute approximate surface area is 112 Å². The van der Waals surface area contributed by atoms with Crippen molar-refractivity contribution in [1.82, 2.24) is 10.1 Å². The molecule has 104 valence electrons. The molecule has 0 aliphatic heterocycles. The summed E-state index contributed by atoms with van der Waals surface area (Å²) in [7, 11) is 0. The minimum absolute atomic E-state index is 0.0516. The summed E-state index contributed by atoms with van der Waals surface area (Å²) in [6.45, 7) is 2.23. The molecule has 0 radical (unpaired) electrons. The lowest BCUT2D eigenvalue weighted by molar-refractivity contribution is -0.138. The Morgan fingerprint density at radius 1 is 1.42 bits per heavy atom. The number of carbonyl (C=O) groups is 1. The van der Waals surface area contributed by atoms with Crippen LogP contribution in [0.3, 0.4) is 0 Å². The predicted octanol–water partition coefficient (Wildman–Crippen LogP) is 2.94. The first-order chi connectivity index (χ1) is 9.19. The molecule has 5 nitrogen and oxygen atoms in total. The molecule has 2 aliphatic carbocycles. The molecule has 1 N–H and O–H groups in total. The van der Waals surface area contributed by atoms with Crippen molar-refractivity contribution in [2.75, 3.05) is 0 Å². The van der Waals surface area contributed by atoms with Crippen molar-refractivity contribution < 1.29 is 14.4 Å². The second kappa shape index (κ2) is 4.94. The Hall–Kier alpha value is -1.39. The standard InChI is InChI=1S/C14H20N2O3/c1-2-8-4-3-5-9(6-8)12-15-13(19-16-12)10-7-11(10)14(17)18/h8-11H,2-7H2,1H3,(H,17,18). The Morgan fingerprint density at radius 3 is 2.95 bits per heavy atom. The molecule has 0 saturated heterocycles. The van der Waals surface area contributed by atoms with E-state index in [4.69, 9.17) is 9.63 Å². The summed E-state index contributed by atoms with van der Waals surface area (Å²) in [6.07, 6.45) is 6.66. The van der Waals surface area contributed by atoms with Gasteiger partial charge in [-0.1, -0.05) is 31.3 Å². The minimum atomic E-state index is -0.756. The molecule has 4 atom stereocenters. The molecule has 0 amide bonds. The van der Waals surface area contributed by atoms with Crippen molar-refractivity contribution in [3.8, 4) is 0 Å². The first-order valence-electron chi connectivity index (χ1n) is 7.25. The van der Waals surface area contributed by atoms with Gasteiger partial charge in [0.25, 0.3) is 0 Å². The van der Waals surface area contributed by atoms with Gasteiger partial charge in [0.15, 0.2) is 5.82 Å². The van der Waals surface area contributed by atoms with Gasteiger partial charge in [0.05, 0.1) is 11.8 Å². The van der Waals surface area contributed by atoms with Gasteiger partial charge in [-0.25, -0.2) is 0 Å². The molecule has 3 rings (SSSR count). The zero-order valence-corrected chi connectivity index (χ0v) is 11.2. The van der Waals surface area contributed by atoms with Gasteiger partial charge in [0.1, 0.15) is 0 Å². The molecule has 0 spiro atoms. The van der Waals surface area contributed by atoms with Crippen LogP contribution in [0.4, 0.5) is 0 Å². The third-order valence-corrected chi connectivity index (χ3v) is 4.61. The summed E-state index contributed by atoms with van der Waals surface area (Å²) in [6, 6.07) is 0. The van der Waals surface area contributed by atoms with Gasteiger partial charge in [-0.2, -0.15) is 4.98 Å². The molecule has 0 bridgehead atoms. The van der Waals surface area contributed by atoms with E-state index in [0.29, 0.717) is 18.2 Å². The molecule has 1 aromatic rings. The molecule has 4 unspecified atom stereocenters. The summed E-state index contributed by atoms with van der Waals surface area (Å²) in [5.41, 5.74) is 0. The second-order valence-corrected chi connectivity index (χ2v) is 5.92. The lowest BCUT2D eigenvalue weighted by atomic mass is 9.80. The normalized spacial score (nSPS) is 34.2. The average Bonchev–Trinajstić information content (AvgIpc) is 3.09. The average molecular weight is 264 g/mol. The number of aromatic nitrogens is 2. The largest absolute Gasteiger partial charge is 0.481 e. The fraction of sp³-hybridized carbons (Fsp3) is 0.786. The van der Waals surface area contributed by atoms with Crippen molar-refractivity contribution in [2.24, 2.45) is 11.8 Å². The van der Waals surface area contributed by atoms with Gasteiger partial charge >= 0.3 is 5.97 Å². The zero-order chi connectivity index (χ0) is 13.4. The number of carboxylic acids is 1.